The molecule has 0 radical (unpaired) electrons. The van der Waals surface area contributed by atoms with Crippen molar-refractivity contribution in [3.05, 3.63) is 64.5 Å². The summed E-state index contributed by atoms with van der Waals surface area (Å²) in [6, 6.07) is 8.01. The molecule has 0 unspecified atom stereocenters. The second kappa shape index (κ2) is 7.71. The number of ether oxygens (including phenoxy) is 1. The first-order valence-corrected chi connectivity index (χ1v) is 7.99. The Morgan fingerprint density at radius 1 is 1.10 bits per heavy atom. The maximum Gasteiger partial charge on any atom is 0.280 e. The van der Waals surface area contributed by atoms with Crippen LogP contribution in [0.5, 0.6) is 5.75 Å². The Kier molecular flexibility index (Phi) is 5.32. The van der Waals surface area contributed by atoms with Gasteiger partial charge in [-0.2, -0.15) is 15.4 Å². The average Bonchev–Trinajstić information content (AvgIpc) is 2.98. The smallest absolute Gasteiger partial charge is 0.280 e. The fourth-order valence-corrected chi connectivity index (χ4v) is 2.59. The van der Waals surface area contributed by atoms with Crippen molar-refractivity contribution in [2.45, 2.75) is 6.92 Å². The number of halogens is 5. The van der Waals surface area contributed by atoms with Crippen molar-refractivity contribution in [2.24, 2.45) is 5.10 Å². The second-order valence-electron chi connectivity index (χ2n) is 5.80. The number of nitriles is 1. The molecule has 0 fully saturated rings. The lowest BCUT2D eigenvalue weighted by Crippen LogP contribution is -2.25. The molecule has 1 aliphatic heterocycles. The number of hydrogen-bond donors (Lipinski definition) is 0. The van der Waals surface area contributed by atoms with Gasteiger partial charge in [-0.05, 0) is 30.7 Å². The van der Waals surface area contributed by atoms with Crippen LogP contribution in [0.4, 0.5) is 27.6 Å². The lowest BCUT2D eigenvalue weighted by Gasteiger charge is -2.15. The molecule has 5 nitrogen and oxygen atoms in total. The zero-order chi connectivity index (χ0) is 21.3. The minimum Gasteiger partial charge on any atom is -0.479 e. The predicted molar refractivity (Wildman–Crippen MR) is 92.4 cm³/mol. The predicted octanol–water partition coefficient (Wildman–Crippen LogP) is 4.09. The van der Waals surface area contributed by atoms with Gasteiger partial charge < -0.3 is 4.74 Å². The number of benzene rings is 2. The molecule has 1 heterocycles. The lowest BCUT2D eigenvalue weighted by atomic mass is 10.1. The summed E-state index contributed by atoms with van der Waals surface area (Å²) < 4.78 is 73.4. The lowest BCUT2D eigenvalue weighted by molar-refractivity contribution is -0.114. The molecule has 2 aromatic rings. The van der Waals surface area contributed by atoms with Crippen LogP contribution in [-0.2, 0) is 4.79 Å². The molecule has 1 amide bonds. The molecule has 0 saturated carbocycles. The zero-order valence-electron chi connectivity index (χ0n) is 14.6. The molecule has 0 N–H and O–H groups in total. The highest BCUT2D eigenvalue weighted by molar-refractivity contribution is 6.32. The van der Waals surface area contributed by atoms with Crippen molar-refractivity contribution in [3.8, 4) is 11.8 Å². The Morgan fingerprint density at radius 3 is 2.34 bits per heavy atom. The van der Waals surface area contributed by atoms with Gasteiger partial charge in [0, 0.05) is 0 Å². The molecule has 0 aromatic heterocycles. The number of nitrogens with zero attached hydrogens (tertiary/aromatic N) is 3. The van der Waals surface area contributed by atoms with E-state index < -0.39 is 40.7 Å². The van der Waals surface area contributed by atoms with Crippen molar-refractivity contribution >= 4 is 23.4 Å². The minimum atomic E-state index is -2.33. The summed E-state index contributed by atoms with van der Waals surface area (Å²) in [6.07, 6.45) is 1.31. The van der Waals surface area contributed by atoms with E-state index in [9.17, 15) is 26.7 Å². The first-order chi connectivity index (χ1) is 13.8. The molecular formula is C19H10F5N3O2. The van der Waals surface area contributed by atoms with E-state index in [-0.39, 0.29) is 22.9 Å². The maximum atomic E-state index is 14.0. The van der Waals surface area contributed by atoms with Gasteiger partial charge in [0.1, 0.15) is 17.5 Å². The van der Waals surface area contributed by atoms with Crippen molar-refractivity contribution in [2.75, 3.05) is 11.6 Å². The van der Waals surface area contributed by atoms with E-state index in [0.717, 1.165) is 0 Å². The van der Waals surface area contributed by atoms with Crippen LogP contribution in [0.2, 0.25) is 0 Å². The maximum absolute atomic E-state index is 14.0. The third kappa shape index (κ3) is 3.54. The van der Waals surface area contributed by atoms with Gasteiger partial charge in [0.15, 0.2) is 29.9 Å². The normalized spacial score (nSPS) is 14.9. The molecule has 1 aliphatic rings. The molecule has 0 bridgehead atoms. The van der Waals surface area contributed by atoms with Crippen LogP contribution in [0.3, 0.4) is 0 Å². The van der Waals surface area contributed by atoms with Crippen molar-refractivity contribution in [3.63, 3.8) is 0 Å². The second-order valence-corrected chi connectivity index (χ2v) is 5.80. The molecule has 0 atom stereocenters. The zero-order valence-corrected chi connectivity index (χ0v) is 14.6. The molecular weight excluding hydrogens is 397 g/mol. The highest BCUT2D eigenvalue weighted by atomic mass is 19.2. The Bertz CT molecular complexity index is 1090. The first-order valence-electron chi connectivity index (χ1n) is 7.99. The van der Waals surface area contributed by atoms with E-state index in [1.807, 2.05) is 0 Å². The monoisotopic (exact) mass is 407 g/mol. The Hall–Kier alpha value is -3.74. The summed E-state index contributed by atoms with van der Waals surface area (Å²) >= 11 is 0. The highest BCUT2D eigenvalue weighted by Gasteiger charge is 2.36. The Balaban J connectivity index is 2.01. The number of hydrogen-bond acceptors (Lipinski definition) is 4. The highest BCUT2D eigenvalue weighted by Crippen LogP contribution is 2.34. The average molecular weight is 407 g/mol. The van der Waals surface area contributed by atoms with E-state index in [1.165, 1.54) is 19.1 Å². The summed E-state index contributed by atoms with van der Waals surface area (Å²) in [6.45, 7) is 1.14. The number of anilines is 1. The van der Waals surface area contributed by atoms with Crippen LogP contribution in [0.1, 0.15) is 12.5 Å². The van der Waals surface area contributed by atoms with Crippen LogP contribution in [-0.4, -0.2) is 18.2 Å². The van der Waals surface area contributed by atoms with Crippen molar-refractivity contribution in [1.29, 1.82) is 5.26 Å². The number of amides is 1. The van der Waals surface area contributed by atoms with Crippen LogP contribution in [0.15, 0.2) is 34.9 Å². The molecule has 29 heavy (non-hydrogen) atoms. The van der Waals surface area contributed by atoms with Crippen LogP contribution >= 0.6 is 0 Å². The molecule has 10 heteroatoms. The first kappa shape index (κ1) is 20.0. The third-order valence-corrected chi connectivity index (χ3v) is 3.93. The molecule has 0 aliphatic carbocycles. The van der Waals surface area contributed by atoms with E-state index >= 15 is 0 Å². The summed E-state index contributed by atoms with van der Waals surface area (Å²) in [4.78, 5) is 12.6. The van der Waals surface area contributed by atoms with Crippen LogP contribution < -0.4 is 9.75 Å². The number of hydrazone groups is 1. The fraction of sp³-hybridized carbons (Fsp3) is 0.105. The summed E-state index contributed by atoms with van der Waals surface area (Å²) in [5.41, 5.74) is -1.15. The van der Waals surface area contributed by atoms with Gasteiger partial charge >= 0.3 is 0 Å². The molecule has 3 rings (SSSR count). The third-order valence-electron chi connectivity index (χ3n) is 3.93. The van der Waals surface area contributed by atoms with Crippen molar-refractivity contribution in [1.82, 2.24) is 0 Å². The molecule has 148 valence electrons. The Labute approximate surface area is 160 Å². The Morgan fingerprint density at radius 2 is 1.72 bits per heavy atom. The van der Waals surface area contributed by atoms with E-state index in [1.54, 1.807) is 24.3 Å². The topological polar surface area (TPSA) is 65.7 Å². The largest absolute Gasteiger partial charge is 0.479 e. The summed E-state index contributed by atoms with van der Waals surface area (Å²) in [5.74, 6) is -11.8. The minimum absolute atomic E-state index is 0.00212. The number of rotatable bonds is 4. The van der Waals surface area contributed by atoms with E-state index in [0.29, 0.717) is 11.3 Å². The summed E-state index contributed by atoms with van der Waals surface area (Å²) in [7, 11) is 0. The fourth-order valence-electron chi connectivity index (χ4n) is 2.59. The summed E-state index contributed by atoms with van der Waals surface area (Å²) in [5, 5.41) is 12.3. The van der Waals surface area contributed by atoms with Crippen LogP contribution in [0, 0.1) is 40.4 Å². The molecule has 0 spiro atoms. The van der Waals surface area contributed by atoms with Gasteiger partial charge in [-0.15, -0.1) is 0 Å². The standard InChI is InChI=1S/C19H10F5N3O2/c1-9-12(8-10-3-2-4-11(7-10)29-6-5-25)19(28)27(26-9)18-16(23)14(21)13(20)15(22)17(18)24/h2-4,7-8H,6H2,1H3/b12-8-. The quantitative estimate of drug-likeness (QED) is 0.332. The van der Waals surface area contributed by atoms with Gasteiger partial charge in [0.05, 0.1) is 11.3 Å². The number of carbonyl (C=O) groups excluding carboxylic acids is 1. The van der Waals surface area contributed by atoms with Crippen molar-refractivity contribution < 1.29 is 31.5 Å². The van der Waals surface area contributed by atoms with Gasteiger partial charge in [0.25, 0.3) is 5.91 Å². The van der Waals surface area contributed by atoms with Crippen LogP contribution in [0.25, 0.3) is 6.08 Å². The van der Waals surface area contributed by atoms with Gasteiger partial charge in [-0.25, -0.2) is 22.0 Å². The van der Waals surface area contributed by atoms with Gasteiger partial charge in [0.2, 0.25) is 5.82 Å². The SMILES string of the molecule is CC1=NN(c2c(F)c(F)c(F)c(F)c2F)C(=O)/C1=C\c1cccc(OCC#N)c1. The van der Waals surface area contributed by atoms with E-state index in [2.05, 4.69) is 5.10 Å². The van der Waals surface area contributed by atoms with Gasteiger partial charge in [-0.3, -0.25) is 4.79 Å². The van der Waals surface area contributed by atoms with E-state index in [4.69, 9.17) is 10.00 Å². The molecule has 2 aromatic carbocycles. The van der Waals surface area contributed by atoms with Gasteiger partial charge in [-0.1, -0.05) is 12.1 Å². The number of carbonyl (C=O) groups is 1. The molecule has 0 saturated heterocycles.